The highest BCUT2D eigenvalue weighted by Crippen LogP contribution is 2.43. The number of hydrogen-bond acceptors (Lipinski definition) is 5. The minimum absolute atomic E-state index is 0.00488. The summed E-state index contributed by atoms with van der Waals surface area (Å²) in [5.41, 5.74) is 2.31. The van der Waals surface area contributed by atoms with Crippen LogP contribution >= 0.6 is 11.3 Å². The van der Waals surface area contributed by atoms with Crippen LogP contribution in [0.4, 0.5) is 5.69 Å². The van der Waals surface area contributed by atoms with Gasteiger partial charge in [-0.15, -0.1) is 11.3 Å². The van der Waals surface area contributed by atoms with Gasteiger partial charge >= 0.3 is 0 Å². The number of thiophene rings is 1. The van der Waals surface area contributed by atoms with E-state index in [0.29, 0.717) is 28.5 Å². The topological polar surface area (TPSA) is 80.3 Å². The number of carbonyl (C=O) groups excluding carboxylic acids is 2. The van der Waals surface area contributed by atoms with Crippen LogP contribution in [-0.2, 0) is 16.3 Å². The van der Waals surface area contributed by atoms with Crippen molar-refractivity contribution in [2.24, 2.45) is 5.41 Å². The van der Waals surface area contributed by atoms with Gasteiger partial charge in [-0.05, 0) is 47.4 Å². The van der Waals surface area contributed by atoms with Crippen LogP contribution in [0.2, 0.25) is 0 Å². The molecule has 3 rings (SSSR count). The normalized spacial score (nSPS) is 16.9. The number of benzene rings is 1. The lowest BCUT2D eigenvalue weighted by Crippen LogP contribution is -2.28. The molecule has 1 N–H and O–H groups in total. The lowest BCUT2D eigenvalue weighted by Gasteiger charge is -2.29. The Morgan fingerprint density at radius 3 is 2.38 bits per heavy atom. The molecule has 1 heterocycles. The average molecular weight is 434 g/mol. The summed E-state index contributed by atoms with van der Waals surface area (Å²) in [6.45, 7) is 8.20. The molecular weight excluding hydrogens is 406 g/mol. The second-order valence-electron chi connectivity index (χ2n) is 8.67. The lowest BCUT2D eigenvalue weighted by atomic mass is 9.74. The maximum Gasteiger partial charge on any atom is 0.266 e. The molecule has 1 aromatic heterocycles. The Hall–Kier alpha value is -1.99. The SMILES string of the molecule is CCC(C)c1ccc(NC(=O)c2sc(S(C)(=O)=O)c3c2CC(C)(C)CC3=O)cc1. The van der Waals surface area contributed by atoms with Crippen molar-refractivity contribution >= 4 is 38.6 Å². The van der Waals surface area contributed by atoms with Crippen molar-refractivity contribution in [1.29, 1.82) is 0 Å². The van der Waals surface area contributed by atoms with E-state index >= 15 is 0 Å². The van der Waals surface area contributed by atoms with Crippen LogP contribution in [0.15, 0.2) is 28.5 Å². The van der Waals surface area contributed by atoms with Crippen molar-refractivity contribution in [2.45, 2.75) is 57.1 Å². The third-order valence-corrected chi connectivity index (χ3v) is 8.50. The molecule has 1 aliphatic rings. The zero-order valence-electron chi connectivity index (χ0n) is 17.5. The summed E-state index contributed by atoms with van der Waals surface area (Å²) in [5, 5.41) is 2.86. The van der Waals surface area contributed by atoms with E-state index in [1.54, 1.807) is 0 Å². The maximum atomic E-state index is 13.0. The summed E-state index contributed by atoms with van der Waals surface area (Å²) < 4.78 is 24.5. The monoisotopic (exact) mass is 433 g/mol. The van der Waals surface area contributed by atoms with Gasteiger partial charge in [0.15, 0.2) is 15.6 Å². The minimum Gasteiger partial charge on any atom is -0.321 e. The summed E-state index contributed by atoms with van der Waals surface area (Å²) in [5.74, 6) is -0.137. The molecule has 1 aromatic carbocycles. The third-order valence-electron chi connectivity index (χ3n) is 5.44. The van der Waals surface area contributed by atoms with E-state index < -0.39 is 9.84 Å². The molecule has 1 atom stereocenters. The van der Waals surface area contributed by atoms with Crippen LogP contribution in [0, 0.1) is 5.41 Å². The molecule has 7 heteroatoms. The molecule has 0 aliphatic heterocycles. The van der Waals surface area contributed by atoms with Crippen molar-refractivity contribution in [1.82, 2.24) is 0 Å². The number of hydrogen-bond donors (Lipinski definition) is 1. The van der Waals surface area contributed by atoms with Crippen molar-refractivity contribution < 1.29 is 18.0 Å². The molecule has 1 aliphatic carbocycles. The molecular formula is C22H27NO4S2. The molecule has 2 aromatic rings. The second kappa shape index (κ2) is 7.69. The first kappa shape index (κ1) is 21.7. The van der Waals surface area contributed by atoms with Gasteiger partial charge in [0, 0.05) is 18.4 Å². The van der Waals surface area contributed by atoms with Gasteiger partial charge in [0.25, 0.3) is 5.91 Å². The molecule has 5 nitrogen and oxygen atoms in total. The molecule has 1 amide bonds. The Morgan fingerprint density at radius 1 is 1.21 bits per heavy atom. The molecule has 1 unspecified atom stereocenters. The van der Waals surface area contributed by atoms with Gasteiger partial charge in [0.2, 0.25) is 0 Å². The van der Waals surface area contributed by atoms with Crippen LogP contribution in [-0.4, -0.2) is 26.4 Å². The fourth-order valence-corrected chi connectivity index (χ4v) is 6.15. The molecule has 0 fully saturated rings. The standard InChI is InChI=1S/C22H27NO4S2/c1-6-13(2)14-7-9-15(10-8-14)23-20(25)19-16-11-22(3,4)12-17(24)18(16)21(28-19)29(5,26)27/h7-10,13H,6,11-12H2,1-5H3,(H,23,25). The summed E-state index contributed by atoms with van der Waals surface area (Å²) >= 11 is 0.905. The van der Waals surface area contributed by atoms with E-state index in [1.165, 1.54) is 5.56 Å². The van der Waals surface area contributed by atoms with E-state index in [0.717, 1.165) is 24.0 Å². The smallest absolute Gasteiger partial charge is 0.266 e. The number of fused-ring (bicyclic) bond motifs is 1. The summed E-state index contributed by atoms with van der Waals surface area (Å²) in [4.78, 5) is 26.0. The number of sulfone groups is 1. The second-order valence-corrected chi connectivity index (χ2v) is 11.9. The molecule has 156 valence electrons. The van der Waals surface area contributed by atoms with Gasteiger partial charge in [-0.3, -0.25) is 9.59 Å². The highest BCUT2D eigenvalue weighted by atomic mass is 32.2. The maximum absolute atomic E-state index is 13.0. The molecule has 29 heavy (non-hydrogen) atoms. The van der Waals surface area contributed by atoms with Crippen molar-refractivity contribution in [3.8, 4) is 0 Å². The van der Waals surface area contributed by atoms with Crippen LogP contribution in [0.1, 0.15) is 77.6 Å². The summed E-state index contributed by atoms with van der Waals surface area (Å²) in [7, 11) is -3.60. The van der Waals surface area contributed by atoms with E-state index in [-0.39, 0.29) is 33.3 Å². The fraction of sp³-hybridized carbons (Fsp3) is 0.455. The van der Waals surface area contributed by atoms with Crippen molar-refractivity contribution in [2.75, 3.05) is 11.6 Å². The van der Waals surface area contributed by atoms with Crippen molar-refractivity contribution in [3.05, 3.63) is 45.8 Å². The summed E-state index contributed by atoms with van der Waals surface area (Å²) in [6, 6.07) is 7.68. The highest BCUT2D eigenvalue weighted by Gasteiger charge is 2.39. The number of carbonyl (C=O) groups is 2. The largest absolute Gasteiger partial charge is 0.321 e. The van der Waals surface area contributed by atoms with E-state index in [4.69, 9.17) is 0 Å². The van der Waals surface area contributed by atoms with Gasteiger partial charge in [0.05, 0.1) is 10.4 Å². The Labute approximate surface area is 176 Å². The van der Waals surface area contributed by atoms with Crippen LogP contribution < -0.4 is 5.32 Å². The average Bonchev–Trinajstić information content (AvgIpc) is 3.00. The van der Waals surface area contributed by atoms with Gasteiger partial charge in [-0.2, -0.15) is 0 Å². The Balaban J connectivity index is 1.98. The van der Waals surface area contributed by atoms with E-state index in [2.05, 4.69) is 19.2 Å². The van der Waals surface area contributed by atoms with Gasteiger partial charge in [-0.1, -0.05) is 39.8 Å². The third kappa shape index (κ3) is 4.46. The highest BCUT2D eigenvalue weighted by molar-refractivity contribution is 7.92. The predicted octanol–water partition coefficient (Wildman–Crippen LogP) is 5.07. The number of Topliss-reactive ketones (excluding diaryl/α,β-unsaturated/α-hetero) is 1. The molecule has 0 radical (unpaired) electrons. The van der Waals surface area contributed by atoms with Crippen LogP contribution in [0.25, 0.3) is 0 Å². The number of nitrogens with one attached hydrogen (secondary N) is 1. The molecule has 0 saturated heterocycles. The summed E-state index contributed by atoms with van der Waals surface area (Å²) in [6.07, 6.45) is 2.89. The number of amides is 1. The van der Waals surface area contributed by atoms with Gasteiger partial charge in [-0.25, -0.2) is 8.42 Å². The zero-order valence-corrected chi connectivity index (χ0v) is 19.1. The van der Waals surface area contributed by atoms with Crippen LogP contribution in [0.3, 0.4) is 0 Å². The van der Waals surface area contributed by atoms with E-state index in [9.17, 15) is 18.0 Å². The Kier molecular flexibility index (Phi) is 5.75. The quantitative estimate of drug-likeness (QED) is 0.714. The zero-order chi connectivity index (χ0) is 21.6. The molecule has 0 bridgehead atoms. The van der Waals surface area contributed by atoms with E-state index in [1.807, 2.05) is 38.1 Å². The van der Waals surface area contributed by atoms with Gasteiger partial charge in [0.1, 0.15) is 4.21 Å². The fourth-order valence-electron chi connectivity index (χ4n) is 3.72. The first-order chi connectivity index (χ1) is 13.4. The minimum atomic E-state index is -3.60. The first-order valence-corrected chi connectivity index (χ1v) is 12.4. The number of ketones is 1. The predicted molar refractivity (Wildman–Crippen MR) is 117 cm³/mol. The molecule has 0 saturated carbocycles. The lowest BCUT2D eigenvalue weighted by molar-refractivity contribution is 0.0909. The number of anilines is 1. The molecule has 0 spiro atoms. The van der Waals surface area contributed by atoms with Gasteiger partial charge < -0.3 is 5.32 Å². The van der Waals surface area contributed by atoms with Crippen molar-refractivity contribution in [3.63, 3.8) is 0 Å². The number of rotatable bonds is 5. The Bertz CT molecular complexity index is 1060. The Morgan fingerprint density at radius 2 is 1.83 bits per heavy atom. The van der Waals surface area contributed by atoms with Crippen LogP contribution in [0.5, 0.6) is 0 Å². The first-order valence-electron chi connectivity index (χ1n) is 9.73.